The van der Waals surface area contributed by atoms with E-state index in [0.717, 1.165) is 5.69 Å². The number of carbonyl (C=O) groups excluding carboxylic acids is 1. The van der Waals surface area contributed by atoms with E-state index < -0.39 is 5.97 Å². The third kappa shape index (κ3) is 2.34. The van der Waals surface area contributed by atoms with E-state index >= 15 is 0 Å². The molecule has 0 spiro atoms. The van der Waals surface area contributed by atoms with Gasteiger partial charge >= 0.3 is 5.97 Å². The van der Waals surface area contributed by atoms with Gasteiger partial charge in [-0.25, -0.2) is 4.79 Å². The highest BCUT2D eigenvalue weighted by Gasteiger charge is 2.25. The van der Waals surface area contributed by atoms with Crippen LogP contribution in [0, 0.1) is 6.92 Å². The Balaban J connectivity index is 2.76. The summed E-state index contributed by atoms with van der Waals surface area (Å²) in [5.74, 6) is -1.14. The molecular weight excluding hydrogens is 256 g/mol. The summed E-state index contributed by atoms with van der Waals surface area (Å²) in [6.07, 6.45) is 0.536. The Hall–Kier alpha value is -2.43. The van der Waals surface area contributed by atoms with Crippen molar-refractivity contribution in [3.05, 3.63) is 40.7 Å². The molecule has 0 aliphatic carbocycles. The van der Waals surface area contributed by atoms with Crippen molar-refractivity contribution >= 4 is 12.3 Å². The maximum absolute atomic E-state index is 11.4. The Morgan fingerprint density at radius 1 is 1.40 bits per heavy atom. The number of rotatable bonds is 4. The number of aldehydes is 1. The number of hydrogen-bond donors (Lipinski definition) is 2. The molecule has 0 unspecified atom stereocenters. The Bertz CT molecular complexity index is 672. The average Bonchev–Trinajstić information content (AvgIpc) is 2.78. The number of pyridine rings is 1. The molecule has 0 bridgehead atoms. The van der Waals surface area contributed by atoms with E-state index in [0.29, 0.717) is 23.2 Å². The molecule has 104 valence electrons. The zero-order valence-electron chi connectivity index (χ0n) is 11.6. The van der Waals surface area contributed by atoms with Gasteiger partial charge < -0.3 is 10.1 Å². The minimum atomic E-state index is -1.11. The van der Waals surface area contributed by atoms with E-state index in [1.165, 1.54) is 0 Å². The highest BCUT2D eigenvalue weighted by atomic mass is 16.4. The number of nitrogens with one attached hydrogen (secondary N) is 1. The number of carboxylic acid groups (broad SMARTS) is 1. The van der Waals surface area contributed by atoms with Crippen LogP contribution in [0.4, 0.5) is 0 Å². The van der Waals surface area contributed by atoms with Gasteiger partial charge in [0.2, 0.25) is 0 Å². The van der Waals surface area contributed by atoms with Crippen molar-refractivity contribution in [2.24, 2.45) is 0 Å². The number of aromatic carboxylic acids is 1. The molecule has 0 aliphatic heterocycles. The van der Waals surface area contributed by atoms with Crippen molar-refractivity contribution < 1.29 is 14.7 Å². The van der Waals surface area contributed by atoms with Crippen molar-refractivity contribution in [2.45, 2.75) is 26.7 Å². The number of carbonyl (C=O) groups is 2. The van der Waals surface area contributed by atoms with E-state index in [9.17, 15) is 14.7 Å². The van der Waals surface area contributed by atoms with Gasteiger partial charge in [-0.05, 0) is 30.5 Å². The molecule has 0 aliphatic rings. The van der Waals surface area contributed by atoms with Crippen LogP contribution in [-0.4, -0.2) is 27.3 Å². The van der Waals surface area contributed by atoms with Crippen molar-refractivity contribution in [1.29, 1.82) is 0 Å². The molecule has 0 aromatic carbocycles. The normalized spacial score (nSPS) is 10.8. The van der Waals surface area contributed by atoms with Crippen LogP contribution in [0.15, 0.2) is 18.2 Å². The summed E-state index contributed by atoms with van der Waals surface area (Å²) in [6.45, 7) is 5.65. The molecule has 5 heteroatoms. The number of hydrogen-bond acceptors (Lipinski definition) is 3. The predicted molar refractivity (Wildman–Crippen MR) is 75.2 cm³/mol. The van der Waals surface area contributed by atoms with E-state index in [1.54, 1.807) is 6.07 Å². The summed E-state index contributed by atoms with van der Waals surface area (Å²) in [6, 6.07) is 5.51. The van der Waals surface area contributed by atoms with Gasteiger partial charge in [-0.2, -0.15) is 0 Å². The van der Waals surface area contributed by atoms with Gasteiger partial charge in [0.05, 0.1) is 22.6 Å². The lowest BCUT2D eigenvalue weighted by molar-refractivity contribution is 0.0692. The van der Waals surface area contributed by atoms with Gasteiger partial charge in [-0.1, -0.05) is 19.9 Å². The number of aromatic nitrogens is 2. The molecule has 5 nitrogen and oxygen atoms in total. The van der Waals surface area contributed by atoms with E-state index in [-0.39, 0.29) is 17.2 Å². The molecule has 2 rings (SSSR count). The maximum Gasteiger partial charge on any atom is 0.338 e. The van der Waals surface area contributed by atoms with E-state index in [2.05, 4.69) is 9.97 Å². The minimum Gasteiger partial charge on any atom is -0.478 e. The van der Waals surface area contributed by atoms with Crippen molar-refractivity contribution in [2.75, 3.05) is 0 Å². The van der Waals surface area contributed by atoms with Gasteiger partial charge in [0.25, 0.3) is 0 Å². The van der Waals surface area contributed by atoms with Crippen LogP contribution in [0.3, 0.4) is 0 Å². The van der Waals surface area contributed by atoms with Gasteiger partial charge in [-0.15, -0.1) is 0 Å². The molecule has 0 saturated carbocycles. The molecule has 0 saturated heterocycles. The molecule has 20 heavy (non-hydrogen) atoms. The Kier molecular flexibility index (Phi) is 3.70. The van der Waals surface area contributed by atoms with E-state index in [1.807, 2.05) is 32.9 Å². The molecule has 0 atom stereocenters. The highest BCUT2D eigenvalue weighted by Crippen LogP contribution is 2.32. The lowest BCUT2D eigenvalue weighted by atomic mass is 9.96. The summed E-state index contributed by atoms with van der Waals surface area (Å²) >= 11 is 0. The first-order valence-electron chi connectivity index (χ1n) is 6.34. The molecular formula is C15H16N2O3. The van der Waals surface area contributed by atoms with Crippen molar-refractivity contribution in [3.8, 4) is 11.4 Å². The third-order valence-electron chi connectivity index (χ3n) is 3.12. The molecule has 2 N–H and O–H groups in total. The monoisotopic (exact) mass is 272 g/mol. The standard InChI is InChI=1S/C15H16N2O3/c1-8(2)12-13(15(19)20)11(7-18)17-14(12)10-6-4-5-9(3)16-10/h4-8,17H,1-3H3,(H,19,20). The zero-order valence-corrected chi connectivity index (χ0v) is 11.6. The first-order valence-corrected chi connectivity index (χ1v) is 6.34. The number of nitrogens with zero attached hydrogens (tertiary/aromatic N) is 1. The molecule has 2 heterocycles. The molecule has 2 aromatic heterocycles. The number of carboxylic acids is 1. The largest absolute Gasteiger partial charge is 0.478 e. The second kappa shape index (κ2) is 5.28. The van der Waals surface area contributed by atoms with Crippen LogP contribution in [-0.2, 0) is 0 Å². The van der Waals surface area contributed by atoms with Crippen molar-refractivity contribution in [3.63, 3.8) is 0 Å². The maximum atomic E-state index is 11.4. The summed E-state index contributed by atoms with van der Waals surface area (Å²) in [4.78, 5) is 29.8. The zero-order chi connectivity index (χ0) is 14.9. The van der Waals surface area contributed by atoms with Gasteiger partial charge in [0.1, 0.15) is 0 Å². The highest BCUT2D eigenvalue weighted by molar-refractivity contribution is 6.00. The second-order valence-corrected chi connectivity index (χ2v) is 4.94. The molecule has 0 amide bonds. The fourth-order valence-electron chi connectivity index (χ4n) is 2.32. The van der Waals surface area contributed by atoms with E-state index in [4.69, 9.17) is 0 Å². The Labute approximate surface area is 116 Å². The van der Waals surface area contributed by atoms with Crippen LogP contribution in [0.2, 0.25) is 0 Å². The van der Waals surface area contributed by atoms with Crippen LogP contribution in [0.25, 0.3) is 11.4 Å². The lowest BCUT2D eigenvalue weighted by Gasteiger charge is -2.09. The lowest BCUT2D eigenvalue weighted by Crippen LogP contribution is -2.04. The topological polar surface area (TPSA) is 83.0 Å². The fourth-order valence-corrected chi connectivity index (χ4v) is 2.32. The Morgan fingerprint density at radius 2 is 2.10 bits per heavy atom. The summed E-state index contributed by atoms with van der Waals surface area (Å²) in [5.41, 5.74) is 2.80. The number of aromatic amines is 1. The predicted octanol–water partition coefficient (Wildman–Crippen LogP) is 3.02. The summed E-state index contributed by atoms with van der Waals surface area (Å²) < 4.78 is 0. The second-order valence-electron chi connectivity index (χ2n) is 4.94. The molecule has 2 aromatic rings. The van der Waals surface area contributed by atoms with Crippen molar-refractivity contribution in [1.82, 2.24) is 9.97 Å². The number of aryl methyl sites for hydroxylation is 1. The van der Waals surface area contributed by atoms with Gasteiger partial charge in [0.15, 0.2) is 6.29 Å². The average molecular weight is 272 g/mol. The smallest absolute Gasteiger partial charge is 0.338 e. The van der Waals surface area contributed by atoms with Gasteiger partial charge in [0, 0.05) is 5.69 Å². The quantitative estimate of drug-likeness (QED) is 0.838. The third-order valence-corrected chi connectivity index (χ3v) is 3.12. The van der Waals surface area contributed by atoms with Crippen LogP contribution >= 0.6 is 0 Å². The summed E-state index contributed by atoms with van der Waals surface area (Å²) in [7, 11) is 0. The first-order chi connectivity index (χ1) is 9.45. The van der Waals surface area contributed by atoms with Crippen LogP contribution in [0.5, 0.6) is 0 Å². The summed E-state index contributed by atoms with van der Waals surface area (Å²) in [5, 5.41) is 9.34. The fraction of sp³-hybridized carbons (Fsp3) is 0.267. The first kappa shape index (κ1) is 14.0. The molecule has 0 radical (unpaired) electrons. The Morgan fingerprint density at radius 3 is 2.60 bits per heavy atom. The SMILES string of the molecule is Cc1cccc(-c2[nH]c(C=O)c(C(=O)O)c2C(C)C)n1. The van der Waals surface area contributed by atoms with Crippen LogP contribution in [0.1, 0.15) is 51.9 Å². The van der Waals surface area contributed by atoms with Crippen LogP contribution < -0.4 is 0 Å². The molecule has 0 fully saturated rings. The minimum absolute atomic E-state index is 0.0355. The number of H-pyrrole nitrogens is 1. The van der Waals surface area contributed by atoms with Gasteiger partial charge in [-0.3, -0.25) is 9.78 Å².